The van der Waals surface area contributed by atoms with E-state index in [2.05, 4.69) is 4.99 Å². The number of aliphatic imine (C=N–C) groups is 1. The third-order valence-electron chi connectivity index (χ3n) is 2.88. The first-order valence-electron chi connectivity index (χ1n) is 6.45. The van der Waals surface area contributed by atoms with Crippen molar-refractivity contribution in [3.05, 3.63) is 35.6 Å². The van der Waals surface area contributed by atoms with Gasteiger partial charge in [-0.1, -0.05) is 36.9 Å². The lowest BCUT2D eigenvalue weighted by atomic mass is 10.2. The van der Waals surface area contributed by atoms with Crippen LogP contribution in [0.4, 0.5) is 4.39 Å². The Kier molecular flexibility index (Phi) is 5.04. The van der Waals surface area contributed by atoms with Gasteiger partial charge in [0.05, 0.1) is 18.8 Å². The van der Waals surface area contributed by atoms with Gasteiger partial charge in [-0.3, -0.25) is 4.99 Å². The second kappa shape index (κ2) is 6.58. The fraction of sp³-hybridized carbons (Fsp3) is 0.462. The summed E-state index contributed by atoms with van der Waals surface area (Å²) in [6, 6.07) is 6.50. The lowest BCUT2D eigenvalue weighted by molar-refractivity contribution is 0.539. The number of hydrogen-bond donors (Lipinski definition) is 0. The number of amidine groups is 1. The third-order valence-corrected chi connectivity index (χ3v) is 6.01. The van der Waals surface area contributed by atoms with Gasteiger partial charge in [0.25, 0.3) is 0 Å². The van der Waals surface area contributed by atoms with Crippen LogP contribution < -0.4 is 0 Å². The summed E-state index contributed by atoms with van der Waals surface area (Å²) in [5.74, 6) is 0.220. The predicted molar refractivity (Wildman–Crippen MR) is 80.8 cm³/mol. The quantitative estimate of drug-likeness (QED) is 0.838. The second-order valence-electron chi connectivity index (χ2n) is 4.43. The van der Waals surface area contributed by atoms with Crippen LogP contribution in [0.15, 0.2) is 29.3 Å². The van der Waals surface area contributed by atoms with E-state index in [1.54, 1.807) is 18.2 Å². The number of sulfonamides is 1. The Bertz CT molecular complexity index is 602. The molecule has 4 nitrogen and oxygen atoms in total. The molecule has 0 spiro atoms. The number of benzene rings is 1. The summed E-state index contributed by atoms with van der Waals surface area (Å²) >= 11 is 1.27. The standard InChI is InChI=1S/C13H17FN2O2S2/c1-2-9-20(17,18)16-8-7-15-13(16)19-10-11-5-3-4-6-12(11)14/h3-6H,2,7-10H2,1H3. The Labute approximate surface area is 123 Å². The van der Waals surface area contributed by atoms with Crippen molar-refractivity contribution in [2.24, 2.45) is 4.99 Å². The van der Waals surface area contributed by atoms with E-state index in [0.29, 0.717) is 36.0 Å². The molecule has 0 atom stereocenters. The molecule has 0 aliphatic carbocycles. The number of rotatable bonds is 5. The highest BCUT2D eigenvalue weighted by Gasteiger charge is 2.28. The molecule has 0 radical (unpaired) electrons. The highest BCUT2D eigenvalue weighted by molar-refractivity contribution is 8.14. The van der Waals surface area contributed by atoms with Gasteiger partial charge in [0, 0.05) is 5.75 Å². The van der Waals surface area contributed by atoms with E-state index in [9.17, 15) is 12.8 Å². The summed E-state index contributed by atoms with van der Waals surface area (Å²) in [5.41, 5.74) is 0.555. The van der Waals surface area contributed by atoms with Crippen LogP contribution in [0.1, 0.15) is 18.9 Å². The summed E-state index contributed by atoms with van der Waals surface area (Å²) in [4.78, 5) is 4.21. The maximum absolute atomic E-state index is 13.5. The molecule has 110 valence electrons. The molecule has 0 amide bonds. The fourth-order valence-electron chi connectivity index (χ4n) is 1.91. The molecule has 0 saturated heterocycles. The Morgan fingerprint density at radius 1 is 1.40 bits per heavy atom. The minimum absolute atomic E-state index is 0.117. The molecule has 2 rings (SSSR count). The van der Waals surface area contributed by atoms with Crippen LogP contribution in [0.2, 0.25) is 0 Å². The van der Waals surface area contributed by atoms with Crippen molar-refractivity contribution in [1.82, 2.24) is 4.31 Å². The molecule has 7 heteroatoms. The maximum Gasteiger partial charge on any atom is 0.236 e. The van der Waals surface area contributed by atoms with Crippen LogP contribution in [0, 0.1) is 5.82 Å². The van der Waals surface area contributed by atoms with Gasteiger partial charge in [-0.15, -0.1) is 0 Å². The molecule has 1 aromatic rings. The smallest absolute Gasteiger partial charge is 0.236 e. The number of halogens is 1. The van der Waals surface area contributed by atoms with Crippen molar-refractivity contribution in [3.8, 4) is 0 Å². The molecular weight excluding hydrogens is 299 g/mol. The molecular formula is C13H17FN2O2S2. The van der Waals surface area contributed by atoms with E-state index in [-0.39, 0.29) is 11.6 Å². The van der Waals surface area contributed by atoms with Crippen LogP contribution in [0.5, 0.6) is 0 Å². The molecule has 0 aromatic heterocycles. The summed E-state index contributed by atoms with van der Waals surface area (Å²) < 4.78 is 39.0. The molecule has 1 aromatic carbocycles. The number of hydrogen-bond acceptors (Lipinski definition) is 4. The fourth-order valence-corrected chi connectivity index (χ4v) is 4.74. The van der Waals surface area contributed by atoms with Crippen molar-refractivity contribution in [3.63, 3.8) is 0 Å². The highest BCUT2D eigenvalue weighted by atomic mass is 32.2. The molecule has 0 N–H and O–H groups in total. The lowest BCUT2D eigenvalue weighted by Crippen LogP contribution is -2.34. The number of thioether (sulfide) groups is 1. The SMILES string of the molecule is CCCS(=O)(=O)N1CCN=C1SCc1ccccc1F. The average Bonchev–Trinajstić information content (AvgIpc) is 2.87. The topological polar surface area (TPSA) is 49.7 Å². The Hall–Kier alpha value is -1.08. The number of nitrogens with zero attached hydrogens (tertiary/aromatic N) is 2. The summed E-state index contributed by atoms with van der Waals surface area (Å²) in [6.45, 7) is 2.70. The van der Waals surface area contributed by atoms with E-state index >= 15 is 0 Å². The van der Waals surface area contributed by atoms with Crippen LogP contribution in [-0.4, -0.2) is 36.7 Å². The van der Waals surface area contributed by atoms with E-state index < -0.39 is 10.0 Å². The van der Waals surface area contributed by atoms with Crippen LogP contribution in [-0.2, 0) is 15.8 Å². The van der Waals surface area contributed by atoms with Gasteiger partial charge < -0.3 is 0 Å². The van der Waals surface area contributed by atoms with Gasteiger partial charge >= 0.3 is 0 Å². The van der Waals surface area contributed by atoms with Gasteiger partial charge in [0.1, 0.15) is 5.82 Å². The van der Waals surface area contributed by atoms with E-state index in [1.807, 2.05) is 6.92 Å². The molecule has 20 heavy (non-hydrogen) atoms. The van der Waals surface area contributed by atoms with Crippen molar-refractivity contribution >= 4 is 27.0 Å². The average molecular weight is 316 g/mol. The van der Waals surface area contributed by atoms with Crippen LogP contribution in [0.25, 0.3) is 0 Å². The second-order valence-corrected chi connectivity index (χ2v) is 7.39. The summed E-state index contributed by atoms with van der Waals surface area (Å²) in [7, 11) is -3.29. The first kappa shape index (κ1) is 15.3. The first-order chi connectivity index (χ1) is 9.54. The minimum Gasteiger partial charge on any atom is -0.260 e. The Balaban J connectivity index is 2.04. The monoisotopic (exact) mass is 316 g/mol. The zero-order valence-electron chi connectivity index (χ0n) is 11.3. The molecule has 0 bridgehead atoms. The third kappa shape index (κ3) is 3.52. The van der Waals surface area contributed by atoms with Crippen molar-refractivity contribution < 1.29 is 12.8 Å². The van der Waals surface area contributed by atoms with Crippen molar-refractivity contribution in [2.75, 3.05) is 18.8 Å². The Morgan fingerprint density at radius 2 is 2.15 bits per heavy atom. The predicted octanol–water partition coefficient (Wildman–Crippen LogP) is 2.47. The zero-order chi connectivity index (χ0) is 14.6. The van der Waals surface area contributed by atoms with Gasteiger partial charge in [0.15, 0.2) is 5.17 Å². The summed E-state index contributed by atoms with van der Waals surface area (Å²) in [5, 5.41) is 0.474. The zero-order valence-corrected chi connectivity index (χ0v) is 12.9. The minimum atomic E-state index is -3.29. The largest absolute Gasteiger partial charge is 0.260 e. The van der Waals surface area contributed by atoms with Gasteiger partial charge in [-0.05, 0) is 18.1 Å². The summed E-state index contributed by atoms with van der Waals surface area (Å²) in [6.07, 6.45) is 0.574. The van der Waals surface area contributed by atoms with Gasteiger partial charge in [0.2, 0.25) is 10.0 Å². The van der Waals surface area contributed by atoms with E-state index in [0.717, 1.165) is 0 Å². The van der Waals surface area contributed by atoms with E-state index in [4.69, 9.17) is 0 Å². The molecule has 0 unspecified atom stereocenters. The Morgan fingerprint density at radius 3 is 2.85 bits per heavy atom. The van der Waals surface area contributed by atoms with Crippen molar-refractivity contribution in [1.29, 1.82) is 0 Å². The van der Waals surface area contributed by atoms with E-state index in [1.165, 1.54) is 22.1 Å². The molecule has 0 saturated carbocycles. The molecule has 0 fully saturated rings. The van der Waals surface area contributed by atoms with Crippen LogP contribution in [0.3, 0.4) is 0 Å². The molecule has 1 aliphatic heterocycles. The normalized spacial score (nSPS) is 15.5. The lowest BCUT2D eigenvalue weighted by Gasteiger charge is -2.19. The maximum atomic E-state index is 13.5. The van der Waals surface area contributed by atoms with Crippen LogP contribution >= 0.6 is 11.8 Å². The molecule has 1 aliphatic rings. The van der Waals surface area contributed by atoms with Gasteiger partial charge in [-0.25, -0.2) is 17.1 Å². The van der Waals surface area contributed by atoms with Crippen molar-refractivity contribution in [2.45, 2.75) is 19.1 Å². The first-order valence-corrected chi connectivity index (χ1v) is 9.05. The molecule has 1 heterocycles. The highest BCUT2D eigenvalue weighted by Crippen LogP contribution is 2.23. The van der Waals surface area contributed by atoms with Gasteiger partial charge in [-0.2, -0.15) is 0 Å².